The van der Waals surface area contributed by atoms with E-state index in [-0.39, 0.29) is 6.04 Å². The van der Waals surface area contributed by atoms with E-state index >= 15 is 0 Å². The van der Waals surface area contributed by atoms with Crippen molar-refractivity contribution in [3.8, 4) is 0 Å². The van der Waals surface area contributed by atoms with Crippen LogP contribution >= 0.6 is 0 Å². The van der Waals surface area contributed by atoms with Crippen LogP contribution in [0.25, 0.3) is 0 Å². The van der Waals surface area contributed by atoms with Crippen molar-refractivity contribution in [1.29, 1.82) is 0 Å². The second kappa shape index (κ2) is 6.48. The molecule has 0 aliphatic heterocycles. The van der Waals surface area contributed by atoms with Crippen LogP contribution in [0.3, 0.4) is 0 Å². The third-order valence-corrected chi connectivity index (χ3v) is 2.14. The van der Waals surface area contributed by atoms with Crippen LogP contribution in [0.15, 0.2) is 12.3 Å². The third kappa shape index (κ3) is 3.93. The highest BCUT2D eigenvalue weighted by Gasteiger charge is 2.10. The monoisotopic (exact) mass is 209 g/mol. The Morgan fingerprint density at radius 3 is 2.93 bits per heavy atom. The van der Waals surface area contributed by atoms with Crippen LogP contribution in [0.2, 0.25) is 0 Å². The molecule has 4 nitrogen and oxygen atoms in total. The molecular formula is C11H19N3O. The molecule has 84 valence electrons. The average Bonchev–Trinajstić information content (AvgIpc) is 2.24. The lowest BCUT2D eigenvalue weighted by Gasteiger charge is -2.15. The van der Waals surface area contributed by atoms with Crippen LogP contribution in [0.1, 0.15) is 30.9 Å². The van der Waals surface area contributed by atoms with Crippen LogP contribution in [-0.4, -0.2) is 30.2 Å². The summed E-state index contributed by atoms with van der Waals surface area (Å²) in [7, 11) is 1.91. The zero-order valence-corrected chi connectivity index (χ0v) is 9.66. The number of likely N-dealkylation sites (N-methyl/N-ethyl adjacent to an activating group) is 1. The molecular weight excluding hydrogens is 190 g/mol. The van der Waals surface area contributed by atoms with E-state index in [2.05, 4.69) is 22.2 Å². The molecule has 0 fully saturated rings. The van der Waals surface area contributed by atoms with E-state index in [4.69, 9.17) is 4.74 Å². The summed E-state index contributed by atoms with van der Waals surface area (Å²) >= 11 is 0. The summed E-state index contributed by atoms with van der Waals surface area (Å²) in [5.74, 6) is 0.795. The predicted molar refractivity (Wildman–Crippen MR) is 59.7 cm³/mol. The van der Waals surface area contributed by atoms with E-state index in [1.54, 1.807) is 6.20 Å². The van der Waals surface area contributed by atoms with Gasteiger partial charge in [0.15, 0.2) is 0 Å². The maximum atomic E-state index is 5.51. The van der Waals surface area contributed by atoms with Gasteiger partial charge in [0, 0.05) is 12.8 Å². The largest absolute Gasteiger partial charge is 0.379 e. The molecule has 1 aromatic rings. The van der Waals surface area contributed by atoms with Gasteiger partial charge in [0.05, 0.1) is 18.3 Å². The minimum atomic E-state index is 0.151. The molecule has 0 saturated heterocycles. The number of nitrogens with one attached hydrogen (secondary N) is 1. The molecule has 0 aliphatic carbocycles. The number of aromatic nitrogens is 2. The van der Waals surface area contributed by atoms with Gasteiger partial charge in [0.2, 0.25) is 0 Å². The van der Waals surface area contributed by atoms with Gasteiger partial charge < -0.3 is 10.1 Å². The molecule has 0 radical (unpaired) electrons. The molecule has 0 spiro atoms. The van der Waals surface area contributed by atoms with Crippen molar-refractivity contribution in [3.05, 3.63) is 23.8 Å². The topological polar surface area (TPSA) is 47.0 Å². The van der Waals surface area contributed by atoms with E-state index in [1.807, 2.05) is 20.0 Å². The Balaban J connectivity index is 2.57. The molecule has 0 amide bonds. The highest BCUT2D eigenvalue weighted by atomic mass is 16.5. The number of nitrogens with zero attached hydrogens (tertiary/aromatic N) is 2. The molecule has 1 aromatic heterocycles. The Kier molecular flexibility index (Phi) is 5.21. The second-order valence-electron chi connectivity index (χ2n) is 3.44. The van der Waals surface area contributed by atoms with Gasteiger partial charge in [-0.25, -0.2) is 9.97 Å². The summed E-state index contributed by atoms with van der Waals surface area (Å²) in [4.78, 5) is 8.44. The summed E-state index contributed by atoms with van der Waals surface area (Å²) in [5, 5.41) is 3.19. The van der Waals surface area contributed by atoms with Crippen molar-refractivity contribution in [2.75, 3.05) is 20.3 Å². The van der Waals surface area contributed by atoms with Crippen molar-refractivity contribution < 1.29 is 4.74 Å². The highest BCUT2D eigenvalue weighted by molar-refractivity contribution is 5.07. The fourth-order valence-electron chi connectivity index (χ4n) is 1.33. The third-order valence-electron chi connectivity index (χ3n) is 2.14. The fourth-order valence-corrected chi connectivity index (χ4v) is 1.33. The van der Waals surface area contributed by atoms with Gasteiger partial charge in [-0.2, -0.15) is 0 Å². The minimum Gasteiger partial charge on any atom is -0.379 e. The fraction of sp³-hybridized carbons (Fsp3) is 0.636. The predicted octanol–water partition coefficient (Wildman–Crippen LogP) is 1.47. The van der Waals surface area contributed by atoms with Gasteiger partial charge in [0.25, 0.3) is 0 Å². The van der Waals surface area contributed by atoms with Crippen molar-refractivity contribution in [2.24, 2.45) is 0 Å². The minimum absolute atomic E-state index is 0.151. The van der Waals surface area contributed by atoms with Crippen molar-refractivity contribution in [1.82, 2.24) is 15.3 Å². The Hall–Kier alpha value is -1.00. The van der Waals surface area contributed by atoms with E-state index in [0.717, 1.165) is 24.5 Å². The molecule has 0 aliphatic rings. The van der Waals surface area contributed by atoms with Crippen molar-refractivity contribution in [3.63, 3.8) is 0 Å². The Morgan fingerprint density at radius 1 is 1.53 bits per heavy atom. The smallest absolute Gasteiger partial charge is 0.125 e. The summed E-state index contributed by atoms with van der Waals surface area (Å²) in [6, 6.07) is 2.07. The molecule has 0 saturated carbocycles. The number of rotatable bonds is 6. The summed E-state index contributed by atoms with van der Waals surface area (Å²) in [6.45, 7) is 5.44. The Bertz CT molecular complexity index is 291. The molecule has 15 heavy (non-hydrogen) atoms. The first-order valence-electron chi connectivity index (χ1n) is 5.32. The van der Waals surface area contributed by atoms with Gasteiger partial charge >= 0.3 is 0 Å². The van der Waals surface area contributed by atoms with Gasteiger partial charge in [-0.3, -0.25) is 0 Å². The quantitative estimate of drug-likeness (QED) is 0.721. The van der Waals surface area contributed by atoms with Gasteiger partial charge in [-0.1, -0.05) is 6.92 Å². The van der Waals surface area contributed by atoms with Crippen molar-refractivity contribution >= 4 is 0 Å². The van der Waals surface area contributed by atoms with Crippen molar-refractivity contribution in [2.45, 2.75) is 26.3 Å². The SMILES string of the molecule is CCCOCC(NC)c1ccnc(C)n1. The Labute approximate surface area is 91.1 Å². The lowest BCUT2D eigenvalue weighted by atomic mass is 10.2. The van der Waals surface area contributed by atoms with Crippen LogP contribution in [0.5, 0.6) is 0 Å². The highest BCUT2D eigenvalue weighted by Crippen LogP contribution is 2.09. The first-order valence-corrected chi connectivity index (χ1v) is 5.32. The van der Waals surface area contributed by atoms with E-state index < -0.39 is 0 Å². The van der Waals surface area contributed by atoms with E-state index in [0.29, 0.717) is 6.61 Å². The number of hydrogen-bond acceptors (Lipinski definition) is 4. The van der Waals surface area contributed by atoms with Gasteiger partial charge in [0.1, 0.15) is 5.82 Å². The zero-order valence-electron chi connectivity index (χ0n) is 9.66. The molecule has 1 atom stereocenters. The van der Waals surface area contributed by atoms with E-state index in [9.17, 15) is 0 Å². The molecule has 1 heterocycles. The van der Waals surface area contributed by atoms with Gasteiger partial charge in [-0.15, -0.1) is 0 Å². The van der Waals surface area contributed by atoms with Crippen LogP contribution in [-0.2, 0) is 4.74 Å². The maximum absolute atomic E-state index is 5.51. The number of hydrogen-bond donors (Lipinski definition) is 1. The van der Waals surface area contributed by atoms with Crippen LogP contribution in [0, 0.1) is 6.92 Å². The second-order valence-corrected chi connectivity index (χ2v) is 3.44. The summed E-state index contributed by atoms with van der Waals surface area (Å²) in [6.07, 6.45) is 2.82. The van der Waals surface area contributed by atoms with E-state index in [1.165, 1.54) is 0 Å². The molecule has 4 heteroatoms. The molecule has 1 unspecified atom stereocenters. The van der Waals surface area contributed by atoms with Gasteiger partial charge in [-0.05, 0) is 26.5 Å². The van der Waals surface area contributed by atoms with Crippen LogP contribution in [0.4, 0.5) is 0 Å². The van der Waals surface area contributed by atoms with Crippen LogP contribution < -0.4 is 5.32 Å². The normalized spacial score (nSPS) is 12.7. The first kappa shape index (κ1) is 12.1. The lowest BCUT2D eigenvalue weighted by molar-refractivity contribution is 0.113. The number of ether oxygens (including phenoxy) is 1. The molecule has 1 rings (SSSR count). The molecule has 0 bridgehead atoms. The Morgan fingerprint density at radius 2 is 2.33 bits per heavy atom. The lowest BCUT2D eigenvalue weighted by Crippen LogP contribution is -2.23. The maximum Gasteiger partial charge on any atom is 0.125 e. The summed E-state index contributed by atoms with van der Waals surface area (Å²) < 4.78 is 5.51. The number of aryl methyl sites for hydroxylation is 1. The molecule has 1 N–H and O–H groups in total. The summed E-state index contributed by atoms with van der Waals surface area (Å²) in [5.41, 5.74) is 0.987. The molecule has 0 aromatic carbocycles. The zero-order chi connectivity index (χ0) is 11.1. The average molecular weight is 209 g/mol. The standard InChI is InChI=1S/C11H19N3O/c1-4-7-15-8-11(12-3)10-5-6-13-9(2)14-10/h5-6,11-12H,4,7-8H2,1-3H3. The first-order chi connectivity index (χ1) is 7.27.